The van der Waals surface area contributed by atoms with Crippen LogP contribution in [0.15, 0.2) is 23.1 Å². The molecule has 33 heavy (non-hydrogen) atoms. The first-order valence-corrected chi connectivity index (χ1v) is 10.1. The molecule has 2 amide bonds. The van der Waals surface area contributed by atoms with Crippen molar-refractivity contribution in [3.63, 3.8) is 0 Å². The SMILES string of the molecule is O=C(NCc1c(F)cc(F)cc1F)c1cn2c(c(O)c1=O)C(=O)N1C(C2)[C@H]2C[C@@H]1C(F)(F)C2. The van der Waals surface area contributed by atoms with Crippen LogP contribution in [-0.2, 0) is 13.1 Å². The topological polar surface area (TPSA) is 91.6 Å². The molecule has 174 valence electrons. The van der Waals surface area contributed by atoms with E-state index < -0.39 is 87.7 Å². The van der Waals surface area contributed by atoms with Gasteiger partial charge in [0.1, 0.15) is 23.0 Å². The quantitative estimate of drug-likeness (QED) is 0.675. The minimum Gasteiger partial charge on any atom is -0.503 e. The van der Waals surface area contributed by atoms with Gasteiger partial charge < -0.3 is 19.9 Å². The molecule has 1 aromatic carbocycles. The lowest BCUT2D eigenvalue weighted by molar-refractivity contribution is -0.0870. The Balaban J connectivity index is 1.45. The van der Waals surface area contributed by atoms with Gasteiger partial charge in [0, 0.05) is 43.4 Å². The van der Waals surface area contributed by atoms with Crippen LogP contribution in [0.4, 0.5) is 22.0 Å². The number of benzene rings is 1. The van der Waals surface area contributed by atoms with Gasteiger partial charge in [0.25, 0.3) is 17.7 Å². The van der Waals surface area contributed by atoms with E-state index in [9.17, 15) is 41.4 Å². The van der Waals surface area contributed by atoms with E-state index in [0.29, 0.717) is 12.1 Å². The van der Waals surface area contributed by atoms with E-state index in [1.54, 1.807) is 0 Å². The summed E-state index contributed by atoms with van der Waals surface area (Å²) < 4.78 is 70.1. The van der Waals surface area contributed by atoms with Gasteiger partial charge in [-0.1, -0.05) is 0 Å². The molecule has 2 fully saturated rings. The number of nitrogens with zero attached hydrogens (tertiary/aromatic N) is 2. The molecule has 1 saturated heterocycles. The number of aromatic nitrogens is 1. The molecule has 3 atom stereocenters. The second-order valence-corrected chi connectivity index (χ2v) is 8.51. The Hall–Kier alpha value is -3.44. The number of rotatable bonds is 3. The lowest BCUT2D eigenvalue weighted by atomic mass is 9.94. The fourth-order valence-electron chi connectivity index (χ4n) is 5.13. The van der Waals surface area contributed by atoms with Gasteiger partial charge in [-0.15, -0.1) is 0 Å². The molecule has 0 radical (unpaired) electrons. The summed E-state index contributed by atoms with van der Waals surface area (Å²) in [5, 5.41) is 12.5. The van der Waals surface area contributed by atoms with E-state index in [2.05, 4.69) is 5.32 Å². The normalized spacial score (nSPS) is 24.6. The molecule has 2 N–H and O–H groups in total. The minimum atomic E-state index is -3.06. The van der Waals surface area contributed by atoms with Crippen molar-refractivity contribution in [2.75, 3.05) is 0 Å². The predicted octanol–water partition coefficient (Wildman–Crippen LogP) is 2.15. The average molecular weight is 469 g/mol. The van der Waals surface area contributed by atoms with E-state index in [0.717, 1.165) is 11.1 Å². The molecule has 12 heteroatoms. The summed E-state index contributed by atoms with van der Waals surface area (Å²) in [7, 11) is 0. The molecule has 7 nitrogen and oxygen atoms in total. The van der Waals surface area contributed by atoms with Crippen LogP contribution in [0.1, 0.15) is 39.3 Å². The highest BCUT2D eigenvalue weighted by Crippen LogP contribution is 2.53. The monoisotopic (exact) mass is 469 g/mol. The Morgan fingerprint density at radius 1 is 1.18 bits per heavy atom. The first kappa shape index (κ1) is 21.4. The molecular weight excluding hydrogens is 453 g/mol. The second-order valence-electron chi connectivity index (χ2n) is 8.51. The van der Waals surface area contributed by atoms with E-state index in [4.69, 9.17) is 0 Å². The molecule has 3 heterocycles. The highest BCUT2D eigenvalue weighted by atomic mass is 19.3. The van der Waals surface area contributed by atoms with E-state index in [-0.39, 0.29) is 19.4 Å². The van der Waals surface area contributed by atoms with Crippen molar-refractivity contribution in [3.8, 4) is 5.75 Å². The number of carbonyl (C=O) groups excluding carboxylic acids is 2. The third-order valence-corrected chi connectivity index (χ3v) is 6.64. The molecular formula is C21H16F5N3O4. The van der Waals surface area contributed by atoms with E-state index >= 15 is 0 Å². The highest BCUT2D eigenvalue weighted by molar-refractivity contribution is 5.99. The summed E-state index contributed by atoms with van der Waals surface area (Å²) in [5.74, 6) is -10.2. The molecule has 2 aliphatic heterocycles. The summed E-state index contributed by atoms with van der Waals surface area (Å²) in [6.07, 6.45) is 0.740. The number of aromatic hydroxyl groups is 1. The van der Waals surface area contributed by atoms with Gasteiger partial charge in [-0.2, -0.15) is 0 Å². The Kier molecular flexibility index (Phi) is 4.56. The number of nitrogens with one attached hydrogen (secondary N) is 1. The standard InChI is InChI=1S/C21H16F5N3O4/c22-9-2-12(23)10(13(24)3-9)5-27-19(32)11-6-28-7-14-8-1-15(21(25,26)4-8)29(14)20(33)16(28)18(31)17(11)30/h2-3,6,8,14-15,31H,1,4-5,7H2,(H,27,32)/t8-,14?,15+/m0/s1. The number of amides is 2. The largest absolute Gasteiger partial charge is 0.503 e. The summed E-state index contributed by atoms with van der Waals surface area (Å²) in [5.41, 5.74) is -2.97. The number of alkyl halides is 2. The van der Waals surface area contributed by atoms with Crippen molar-refractivity contribution in [2.24, 2.45) is 5.92 Å². The summed E-state index contributed by atoms with van der Waals surface area (Å²) in [6.45, 7) is -0.722. The highest BCUT2D eigenvalue weighted by Gasteiger charge is 2.63. The Morgan fingerprint density at radius 2 is 1.85 bits per heavy atom. The predicted molar refractivity (Wildman–Crippen MR) is 101 cm³/mol. The van der Waals surface area contributed by atoms with Crippen molar-refractivity contribution in [3.05, 3.63) is 62.8 Å². The van der Waals surface area contributed by atoms with Gasteiger partial charge in [0.15, 0.2) is 11.4 Å². The molecule has 2 aromatic rings. The molecule has 1 aliphatic carbocycles. The number of halogens is 5. The van der Waals surface area contributed by atoms with Crippen LogP contribution in [-0.4, -0.2) is 44.4 Å². The lowest BCUT2D eigenvalue weighted by Crippen LogP contribution is -2.57. The van der Waals surface area contributed by atoms with Gasteiger partial charge in [-0.05, 0) is 12.3 Å². The second kappa shape index (κ2) is 7.03. The van der Waals surface area contributed by atoms with Gasteiger partial charge in [0.05, 0.1) is 12.1 Å². The van der Waals surface area contributed by atoms with Crippen molar-refractivity contribution < 1.29 is 36.6 Å². The van der Waals surface area contributed by atoms with Crippen LogP contribution in [0.25, 0.3) is 0 Å². The summed E-state index contributed by atoms with van der Waals surface area (Å²) in [6, 6.07) is -1.03. The lowest BCUT2D eigenvalue weighted by Gasteiger charge is -2.43. The molecule has 2 bridgehead atoms. The van der Waals surface area contributed by atoms with Crippen molar-refractivity contribution in [1.82, 2.24) is 14.8 Å². The van der Waals surface area contributed by atoms with Crippen molar-refractivity contribution in [2.45, 2.75) is 43.9 Å². The fourth-order valence-corrected chi connectivity index (χ4v) is 5.13. The van der Waals surface area contributed by atoms with Crippen LogP contribution in [0.2, 0.25) is 0 Å². The molecule has 3 aliphatic rings. The smallest absolute Gasteiger partial charge is 0.275 e. The summed E-state index contributed by atoms with van der Waals surface area (Å²) in [4.78, 5) is 39.0. The number of hydrogen-bond donors (Lipinski definition) is 2. The van der Waals surface area contributed by atoms with Gasteiger partial charge in [0.2, 0.25) is 5.43 Å². The minimum absolute atomic E-state index is 0.00629. The Labute approximate surface area is 182 Å². The van der Waals surface area contributed by atoms with Crippen LogP contribution >= 0.6 is 0 Å². The number of fused-ring (bicyclic) bond motifs is 6. The third kappa shape index (κ3) is 3.10. The van der Waals surface area contributed by atoms with Gasteiger partial charge in [-0.25, -0.2) is 22.0 Å². The first-order chi connectivity index (χ1) is 15.5. The average Bonchev–Trinajstić information content (AvgIpc) is 3.23. The fraction of sp³-hybridized carbons (Fsp3) is 0.381. The number of piperidine rings is 1. The molecule has 0 spiro atoms. The van der Waals surface area contributed by atoms with Crippen LogP contribution in [0, 0.1) is 23.4 Å². The van der Waals surface area contributed by atoms with Crippen molar-refractivity contribution in [1.29, 1.82) is 0 Å². The first-order valence-electron chi connectivity index (χ1n) is 10.1. The van der Waals surface area contributed by atoms with Crippen LogP contribution in [0.3, 0.4) is 0 Å². The zero-order valence-corrected chi connectivity index (χ0v) is 16.7. The van der Waals surface area contributed by atoms with E-state index in [1.807, 2.05) is 0 Å². The zero-order valence-electron chi connectivity index (χ0n) is 16.7. The maximum atomic E-state index is 14.2. The molecule has 1 saturated carbocycles. The molecule has 1 unspecified atom stereocenters. The number of hydrogen-bond acceptors (Lipinski definition) is 4. The molecule has 5 rings (SSSR count). The maximum absolute atomic E-state index is 14.2. The summed E-state index contributed by atoms with van der Waals surface area (Å²) >= 11 is 0. The third-order valence-electron chi connectivity index (χ3n) is 6.64. The Bertz CT molecular complexity index is 1250. The zero-order chi connectivity index (χ0) is 23.8. The number of pyridine rings is 1. The number of carbonyl (C=O) groups is 2. The molecule has 1 aromatic heterocycles. The maximum Gasteiger partial charge on any atom is 0.275 e. The van der Waals surface area contributed by atoms with Crippen LogP contribution in [0.5, 0.6) is 5.75 Å². The Morgan fingerprint density at radius 3 is 2.52 bits per heavy atom. The van der Waals surface area contributed by atoms with Crippen LogP contribution < -0.4 is 10.7 Å². The van der Waals surface area contributed by atoms with Gasteiger partial charge >= 0.3 is 0 Å². The van der Waals surface area contributed by atoms with E-state index in [1.165, 1.54) is 4.57 Å². The van der Waals surface area contributed by atoms with Gasteiger partial charge in [-0.3, -0.25) is 14.4 Å². The van der Waals surface area contributed by atoms with Crippen molar-refractivity contribution >= 4 is 11.8 Å².